The number of methoxy groups -OCH3 is 1. The zero-order chi connectivity index (χ0) is 12.3. The van der Waals surface area contributed by atoms with Gasteiger partial charge in [-0.05, 0) is 18.2 Å². The predicted octanol–water partition coefficient (Wildman–Crippen LogP) is 1.61. The number of rotatable bonds is 2. The first-order chi connectivity index (χ1) is 8.24. The zero-order valence-corrected chi connectivity index (χ0v) is 9.21. The van der Waals surface area contributed by atoms with Crippen LogP contribution in [0.5, 0.6) is 5.75 Å². The maximum Gasteiger partial charge on any atom is 0.219 e. The largest absolute Gasteiger partial charge is 0.496 e. The van der Waals surface area contributed by atoms with Crippen LogP contribution < -0.4 is 10.5 Å². The molecule has 0 saturated heterocycles. The molecule has 0 spiro atoms. The van der Waals surface area contributed by atoms with Crippen LogP contribution >= 0.6 is 0 Å². The molecule has 1 aromatic heterocycles. The molecule has 1 heterocycles. The molecule has 5 nitrogen and oxygen atoms in total. The van der Waals surface area contributed by atoms with Crippen molar-refractivity contribution in [2.24, 2.45) is 0 Å². The lowest BCUT2D eigenvalue weighted by molar-refractivity contribution is 0.416. The summed E-state index contributed by atoms with van der Waals surface area (Å²) >= 11 is 0. The van der Waals surface area contributed by atoms with Crippen molar-refractivity contribution in [1.29, 1.82) is 5.26 Å². The minimum absolute atomic E-state index is 0.212. The van der Waals surface area contributed by atoms with Gasteiger partial charge in [0.1, 0.15) is 5.75 Å². The van der Waals surface area contributed by atoms with Gasteiger partial charge in [-0.1, -0.05) is 0 Å². The Kier molecular flexibility index (Phi) is 2.88. The lowest BCUT2D eigenvalue weighted by atomic mass is 10.1. The van der Waals surface area contributed by atoms with Crippen molar-refractivity contribution in [2.75, 3.05) is 12.8 Å². The highest BCUT2D eigenvalue weighted by atomic mass is 16.5. The molecular weight excluding hydrogens is 216 g/mol. The number of benzene rings is 1. The van der Waals surface area contributed by atoms with Crippen LogP contribution in [0.15, 0.2) is 30.6 Å². The van der Waals surface area contributed by atoms with Gasteiger partial charge in [0.05, 0.1) is 18.7 Å². The van der Waals surface area contributed by atoms with E-state index in [9.17, 15) is 0 Å². The molecule has 0 atom stereocenters. The minimum atomic E-state index is 0.212. The van der Waals surface area contributed by atoms with Crippen molar-refractivity contribution in [1.82, 2.24) is 9.97 Å². The predicted molar refractivity (Wildman–Crippen MR) is 63.1 cm³/mol. The molecular formula is C12H10N4O. The fourth-order valence-electron chi connectivity index (χ4n) is 1.48. The highest BCUT2D eigenvalue weighted by Gasteiger charge is 2.07. The Balaban J connectivity index is 2.56. The first kappa shape index (κ1) is 10.9. The summed E-state index contributed by atoms with van der Waals surface area (Å²) in [7, 11) is 1.57. The number of anilines is 1. The second-order valence-corrected chi connectivity index (χ2v) is 3.36. The third-order valence-corrected chi connectivity index (χ3v) is 2.31. The van der Waals surface area contributed by atoms with E-state index in [0.29, 0.717) is 11.3 Å². The average Bonchev–Trinajstić information content (AvgIpc) is 2.39. The number of nitrogens with two attached hydrogens (primary N) is 1. The second-order valence-electron chi connectivity index (χ2n) is 3.36. The topological polar surface area (TPSA) is 84.8 Å². The van der Waals surface area contributed by atoms with Gasteiger partial charge in [0.2, 0.25) is 5.95 Å². The third-order valence-electron chi connectivity index (χ3n) is 2.31. The van der Waals surface area contributed by atoms with E-state index in [1.807, 2.05) is 0 Å². The van der Waals surface area contributed by atoms with Gasteiger partial charge in [-0.2, -0.15) is 5.26 Å². The van der Waals surface area contributed by atoms with Gasteiger partial charge >= 0.3 is 0 Å². The third kappa shape index (κ3) is 2.16. The Morgan fingerprint density at radius 1 is 1.29 bits per heavy atom. The monoisotopic (exact) mass is 226 g/mol. The zero-order valence-electron chi connectivity index (χ0n) is 9.21. The quantitative estimate of drug-likeness (QED) is 0.840. The average molecular weight is 226 g/mol. The lowest BCUT2D eigenvalue weighted by Crippen LogP contribution is -1.95. The Hall–Kier alpha value is -2.61. The van der Waals surface area contributed by atoms with E-state index >= 15 is 0 Å². The SMILES string of the molecule is COc1ccc(C#N)cc1-c1cnc(N)nc1. The van der Waals surface area contributed by atoms with Crippen molar-refractivity contribution >= 4 is 5.95 Å². The normalized spacial score (nSPS) is 9.65. The van der Waals surface area contributed by atoms with Gasteiger partial charge in [-0.15, -0.1) is 0 Å². The standard InChI is InChI=1S/C12H10N4O/c1-17-11-3-2-8(5-13)4-10(11)9-6-15-12(14)16-7-9/h2-4,6-7H,1H3,(H2,14,15,16). The molecule has 0 aliphatic heterocycles. The van der Waals surface area contributed by atoms with Crippen molar-refractivity contribution in [3.8, 4) is 22.9 Å². The number of hydrogen-bond acceptors (Lipinski definition) is 5. The van der Waals surface area contributed by atoms with E-state index in [-0.39, 0.29) is 5.95 Å². The molecule has 0 unspecified atom stereocenters. The molecule has 5 heteroatoms. The van der Waals surface area contributed by atoms with Crippen LogP contribution in [0.4, 0.5) is 5.95 Å². The molecule has 0 radical (unpaired) electrons. The highest BCUT2D eigenvalue weighted by molar-refractivity contribution is 5.71. The number of nitriles is 1. The van der Waals surface area contributed by atoms with E-state index in [0.717, 1.165) is 11.1 Å². The number of nitrogens with zero attached hydrogens (tertiary/aromatic N) is 3. The van der Waals surface area contributed by atoms with E-state index < -0.39 is 0 Å². The maximum atomic E-state index is 8.87. The molecule has 0 aliphatic carbocycles. The van der Waals surface area contributed by atoms with Crippen LogP contribution in [0.2, 0.25) is 0 Å². The Bertz CT molecular complexity index is 572. The molecule has 0 aliphatic rings. The van der Waals surface area contributed by atoms with Gasteiger partial charge in [-0.25, -0.2) is 9.97 Å². The summed E-state index contributed by atoms with van der Waals surface area (Å²) in [5, 5.41) is 8.87. The number of aromatic nitrogens is 2. The number of ether oxygens (including phenoxy) is 1. The summed E-state index contributed by atoms with van der Waals surface area (Å²) < 4.78 is 5.23. The van der Waals surface area contributed by atoms with E-state index in [2.05, 4.69) is 16.0 Å². The molecule has 2 N–H and O–H groups in total. The molecule has 0 amide bonds. The maximum absolute atomic E-state index is 8.87. The van der Waals surface area contributed by atoms with Gasteiger partial charge in [0.15, 0.2) is 0 Å². The van der Waals surface area contributed by atoms with Gasteiger partial charge in [-0.3, -0.25) is 0 Å². The second kappa shape index (κ2) is 4.49. The fraction of sp³-hybridized carbons (Fsp3) is 0.0833. The first-order valence-electron chi connectivity index (χ1n) is 4.90. The van der Waals surface area contributed by atoms with Crippen LogP contribution in [0.1, 0.15) is 5.56 Å². The molecule has 0 fully saturated rings. The van der Waals surface area contributed by atoms with E-state index in [1.165, 1.54) is 0 Å². The lowest BCUT2D eigenvalue weighted by Gasteiger charge is -2.08. The van der Waals surface area contributed by atoms with E-state index in [1.54, 1.807) is 37.7 Å². The van der Waals surface area contributed by atoms with E-state index in [4.69, 9.17) is 15.7 Å². The minimum Gasteiger partial charge on any atom is -0.496 e. The summed E-state index contributed by atoms with van der Waals surface area (Å²) in [4.78, 5) is 7.83. The molecule has 0 saturated carbocycles. The van der Waals surface area contributed by atoms with Crippen LogP contribution in [-0.2, 0) is 0 Å². The Morgan fingerprint density at radius 2 is 2.00 bits per heavy atom. The molecule has 84 valence electrons. The van der Waals surface area contributed by atoms with Crippen LogP contribution in [-0.4, -0.2) is 17.1 Å². The van der Waals surface area contributed by atoms with Crippen LogP contribution in [0.3, 0.4) is 0 Å². The molecule has 17 heavy (non-hydrogen) atoms. The Morgan fingerprint density at radius 3 is 2.59 bits per heavy atom. The van der Waals surface area contributed by atoms with Crippen LogP contribution in [0, 0.1) is 11.3 Å². The Labute approximate surface area is 98.5 Å². The van der Waals surface area contributed by atoms with Gasteiger partial charge < -0.3 is 10.5 Å². The van der Waals surface area contributed by atoms with Gasteiger partial charge in [0, 0.05) is 23.5 Å². The molecule has 1 aromatic carbocycles. The molecule has 0 bridgehead atoms. The summed E-state index contributed by atoms with van der Waals surface area (Å²) in [5.74, 6) is 0.876. The smallest absolute Gasteiger partial charge is 0.219 e. The molecule has 2 rings (SSSR count). The van der Waals surface area contributed by atoms with Crippen molar-refractivity contribution in [3.63, 3.8) is 0 Å². The fourth-order valence-corrected chi connectivity index (χ4v) is 1.48. The summed E-state index contributed by atoms with van der Waals surface area (Å²) in [6.45, 7) is 0. The summed E-state index contributed by atoms with van der Waals surface area (Å²) in [6.07, 6.45) is 3.20. The van der Waals surface area contributed by atoms with Gasteiger partial charge in [0.25, 0.3) is 0 Å². The van der Waals surface area contributed by atoms with Crippen LogP contribution in [0.25, 0.3) is 11.1 Å². The van der Waals surface area contributed by atoms with Crippen molar-refractivity contribution in [3.05, 3.63) is 36.2 Å². The highest BCUT2D eigenvalue weighted by Crippen LogP contribution is 2.29. The van der Waals surface area contributed by atoms with Crippen molar-refractivity contribution < 1.29 is 4.74 Å². The summed E-state index contributed by atoms with van der Waals surface area (Å²) in [5.41, 5.74) is 7.51. The number of nitrogen functional groups attached to an aromatic ring is 1. The number of hydrogen-bond donors (Lipinski definition) is 1. The van der Waals surface area contributed by atoms with Crippen molar-refractivity contribution in [2.45, 2.75) is 0 Å². The first-order valence-corrected chi connectivity index (χ1v) is 4.90. The molecule has 2 aromatic rings. The summed E-state index contributed by atoms with van der Waals surface area (Å²) in [6, 6.07) is 7.24.